The van der Waals surface area contributed by atoms with Gasteiger partial charge < -0.3 is 10.1 Å². The number of likely N-dealkylation sites (tertiary alicyclic amines) is 1. The molecule has 1 amide bonds. The molecule has 1 aromatic carbocycles. The molecule has 138 valence electrons. The fraction of sp³-hybridized carbons (Fsp3) is 0.650. The second-order valence-corrected chi connectivity index (χ2v) is 7.20. The molecule has 5 nitrogen and oxygen atoms in total. The monoisotopic (exact) mass is 345 g/mol. The number of ether oxygens (including phenoxy) is 1. The third kappa shape index (κ3) is 5.27. The number of carbonyl (C=O) groups is 1. The molecule has 2 heterocycles. The van der Waals surface area contributed by atoms with E-state index in [0.29, 0.717) is 6.54 Å². The Morgan fingerprint density at radius 2 is 1.76 bits per heavy atom. The minimum Gasteiger partial charge on any atom is -0.379 e. The van der Waals surface area contributed by atoms with Crippen molar-refractivity contribution in [3.63, 3.8) is 0 Å². The number of carbonyl (C=O) groups excluding carboxylic acids is 1. The van der Waals surface area contributed by atoms with Gasteiger partial charge in [-0.3, -0.25) is 14.6 Å². The highest BCUT2D eigenvalue weighted by molar-refractivity contribution is 5.78. The first-order valence-electron chi connectivity index (χ1n) is 9.62. The highest BCUT2D eigenvalue weighted by atomic mass is 16.5. The van der Waals surface area contributed by atoms with Crippen LogP contribution in [-0.2, 0) is 9.53 Å². The molecule has 0 aliphatic carbocycles. The Bertz CT molecular complexity index is 525. The van der Waals surface area contributed by atoms with Crippen molar-refractivity contribution in [2.24, 2.45) is 0 Å². The average Bonchev–Trinajstić information content (AvgIpc) is 2.64. The van der Waals surface area contributed by atoms with Gasteiger partial charge >= 0.3 is 0 Å². The molecule has 5 heteroatoms. The Morgan fingerprint density at radius 1 is 1.08 bits per heavy atom. The predicted octanol–water partition coefficient (Wildman–Crippen LogP) is 2.05. The van der Waals surface area contributed by atoms with Crippen LogP contribution in [0.3, 0.4) is 0 Å². The third-order valence-electron chi connectivity index (χ3n) is 5.26. The summed E-state index contributed by atoms with van der Waals surface area (Å²) < 4.78 is 5.51. The number of morpholine rings is 1. The molecule has 25 heavy (non-hydrogen) atoms. The quantitative estimate of drug-likeness (QED) is 0.857. The van der Waals surface area contributed by atoms with Crippen LogP contribution in [0.4, 0.5) is 0 Å². The van der Waals surface area contributed by atoms with Gasteiger partial charge in [0.05, 0.1) is 25.8 Å². The van der Waals surface area contributed by atoms with Crippen molar-refractivity contribution in [1.82, 2.24) is 15.1 Å². The third-order valence-corrected chi connectivity index (χ3v) is 5.26. The standard InChI is InChI=1S/C20H31N3O2/c1-17(21-19(24)16-22-10-6-3-7-11-22)20(18-8-4-2-5-9-18)23-12-14-25-15-13-23/h2,4-5,8-9,17,20H,3,6-7,10-16H2,1H3,(H,21,24)/t17-,20-/m0/s1. The van der Waals surface area contributed by atoms with Crippen molar-refractivity contribution < 1.29 is 9.53 Å². The van der Waals surface area contributed by atoms with Crippen LogP contribution < -0.4 is 5.32 Å². The summed E-state index contributed by atoms with van der Waals surface area (Å²) in [6.07, 6.45) is 3.72. The smallest absolute Gasteiger partial charge is 0.234 e. The first-order chi connectivity index (χ1) is 12.2. The fourth-order valence-corrected chi connectivity index (χ4v) is 4.02. The zero-order valence-corrected chi connectivity index (χ0v) is 15.3. The number of rotatable bonds is 6. The Hall–Kier alpha value is -1.43. The van der Waals surface area contributed by atoms with Crippen molar-refractivity contribution in [3.05, 3.63) is 35.9 Å². The van der Waals surface area contributed by atoms with E-state index in [2.05, 4.69) is 46.3 Å². The molecular formula is C20H31N3O2. The van der Waals surface area contributed by atoms with Gasteiger partial charge in [0.2, 0.25) is 5.91 Å². The van der Waals surface area contributed by atoms with Gasteiger partial charge in [0.15, 0.2) is 0 Å². The lowest BCUT2D eigenvalue weighted by Crippen LogP contribution is -2.50. The van der Waals surface area contributed by atoms with Crippen LogP contribution in [0, 0.1) is 0 Å². The number of amides is 1. The van der Waals surface area contributed by atoms with Crippen LogP contribution in [0.1, 0.15) is 37.8 Å². The van der Waals surface area contributed by atoms with Gasteiger partial charge in [-0.2, -0.15) is 0 Å². The summed E-state index contributed by atoms with van der Waals surface area (Å²) in [6.45, 7) is 8.09. The summed E-state index contributed by atoms with van der Waals surface area (Å²) in [5.74, 6) is 0.142. The average molecular weight is 345 g/mol. The Kier molecular flexibility index (Phi) is 6.84. The van der Waals surface area contributed by atoms with E-state index in [1.54, 1.807) is 0 Å². The molecule has 1 aromatic rings. The first kappa shape index (κ1) is 18.4. The molecule has 2 aliphatic heterocycles. The fourth-order valence-electron chi connectivity index (χ4n) is 4.02. The maximum absolute atomic E-state index is 12.5. The van der Waals surface area contributed by atoms with Crippen molar-refractivity contribution in [3.8, 4) is 0 Å². The molecule has 3 rings (SSSR count). The van der Waals surface area contributed by atoms with Gasteiger partial charge in [-0.25, -0.2) is 0 Å². The molecule has 2 saturated heterocycles. The summed E-state index contributed by atoms with van der Waals surface area (Å²) >= 11 is 0. The number of hydrogen-bond donors (Lipinski definition) is 1. The number of hydrogen-bond acceptors (Lipinski definition) is 4. The normalized spacial score (nSPS) is 22.3. The summed E-state index contributed by atoms with van der Waals surface area (Å²) in [5.41, 5.74) is 1.26. The van der Waals surface area contributed by atoms with Crippen LogP contribution in [0.25, 0.3) is 0 Å². The van der Waals surface area contributed by atoms with Crippen molar-refractivity contribution in [2.75, 3.05) is 45.9 Å². The Balaban J connectivity index is 1.63. The molecule has 0 radical (unpaired) electrons. The Morgan fingerprint density at radius 3 is 2.44 bits per heavy atom. The van der Waals surface area contributed by atoms with E-state index in [9.17, 15) is 4.79 Å². The summed E-state index contributed by atoms with van der Waals surface area (Å²) in [7, 11) is 0. The van der Waals surface area contributed by atoms with E-state index in [0.717, 1.165) is 39.4 Å². The van der Waals surface area contributed by atoms with Crippen LogP contribution >= 0.6 is 0 Å². The first-order valence-corrected chi connectivity index (χ1v) is 9.62. The van der Waals surface area contributed by atoms with E-state index in [1.807, 2.05) is 6.07 Å². The maximum atomic E-state index is 12.5. The van der Waals surface area contributed by atoms with Crippen LogP contribution in [-0.4, -0.2) is 67.7 Å². The van der Waals surface area contributed by atoms with E-state index in [1.165, 1.54) is 24.8 Å². The van der Waals surface area contributed by atoms with Crippen LogP contribution in [0.5, 0.6) is 0 Å². The van der Waals surface area contributed by atoms with Crippen molar-refractivity contribution in [2.45, 2.75) is 38.3 Å². The van der Waals surface area contributed by atoms with Gasteiger partial charge in [-0.1, -0.05) is 36.8 Å². The van der Waals surface area contributed by atoms with E-state index >= 15 is 0 Å². The molecule has 0 aromatic heterocycles. The summed E-state index contributed by atoms with van der Waals surface area (Å²) in [6, 6.07) is 10.8. The molecule has 0 bridgehead atoms. The zero-order valence-electron chi connectivity index (χ0n) is 15.3. The molecule has 2 fully saturated rings. The highest BCUT2D eigenvalue weighted by Gasteiger charge is 2.29. The minimum absolute atomic E-state index is 0.0674. The lowest BCUT2D eigenvalue weighted by Gasteiger charge is -2.38. The lowest BCUT2D eigenvalue weighted by atomic mass is 9.98. The second kappa shape index (κ2) is 9.32. The van der Waals surface area contributed by atoms with Gasteiger partial charge in [-0.15, -0.1) is 0 Å². The highest BCUT2D eigenvalue weighted by Crippen LogP contribution is 2.25. The topological polar surface area (TPSA) is 44.8 Å². The largest absolute Gasteiger partial charge is 0.379 e. The molecule has 0 unspecified atom stereocenters. The molecule has 2 aliphatic rings. The van der Waals surface area contributed by atoms with Gasteiger partial charge in [0, 0.05) is 19.1 Å². The van der Waals surface area contributed by atoms with E-state index < -0.39 is 0 Å². The number of nitrogens with zero attached hydrogens (tertiary/aromatic N) is 2. The van der Waals surface area contributed by atoms with Crippen molar-refractivity contribution >= 4 is 5.91 Å². The molecule has 0 saturated carbocycles. The lowest BCUT2D eigenvalue weighted by molar-refractivity contribution is -0.123. The number of nitrogens with one attached hydrogen (secondary N) is 1. The number of benzene rings is 1. The van der Waals surface area contributed by atoms with Crippen molar-refractivity contribution in [1.29, 1.82) is 0 Å². The molecular weight excluding hydrogens is 314 g/mol. The molecule has 2 atom stereocenters. The van der Waals surface area contributed by atoms with E-state index in [4.69, 9.17) is 4.74 Å². The van der Waals surface area contributed by atoms with Crippen LogP contribution in [0.15, 0.2) is 30.3 Å². The molecule has 0 spiro atoms. The van der Waals surface area contributed by atoms with E-state index in [-0.39, 0.29) is 18.0 Å². The second-order valence-electron chi connectivity index (χ2n) is 7.20. The number of piperidine rings is 1. The minimum atomic E-state index is 0.0674. The van der Waals surface area contributed by atoms with Crippen LogP contribution in [0.2, 0.25) is 0 Å². The SMILES string of the molecule is C[C@H](NC(=O)CN1CCCCC1)[C@@H](c1ccccc1)N1CCOCC1. The van der Waals surface area contributed by atoms with Gasteiger partial charge in [-0.05, 0) is 38.4 Å². The van der Waals surface area contributed by atoms with Gasteiger partial charge in [0.1, 0.15) is 0 Å². The predicted molar refractivity (Wildman–Crippen MR) is 99.5 cm³/mol. The summed E-state index contributed by atoms with van der Waals surface area (Å²) in [4.78, 5) is 17.3. The Labute approximate surface area is 151 Å². The molecule has 1 N–H and O–H groups in total. The summed E-state index contributed by atoms with van der Waals surface area (Å²) in [5, 5.41) is 3.26. The maximum Gasteiger partial charge on any atom is 0.234 e. The van der Waals surface area contributed by atoms with Gasteiger partial charge in [0.25, 0.3) is 0 Å². The zero-order chi connectivity index (χ0) is 17.5.